The van der Waals surface area contributed by atoms with E-state index in [0.717, 1.165) is 18.8 Å². The van der Waals surface area contributed by atoms with Gasteiger partial charge in [-0.3, -0.25) is 4.90 Å². The molecule has 1 aliphatic rings. The summed E-state index contributed by atoms with van der Waals surface area (Å²) in [5, 5.41) is 0. The zero-order chi connectivity index (χ0) is 22.3. The van der Waals surface area contributed by atoms with Crippen LogP contribution in [0.25, 0.3) is 0 Å². The fraction of sp³-hybridized carbons (Fsp3) is 0.172. The molecule has 0 unspecified atom stereocenters. The highest BCUT2D eigenvalue weighted by Gasteiger charge is 2.46. The summed E-state index contributed by atoms with van der Waals surface area (Å²) < 4.78 is 6.81. The van der Waals surface area contributed by atoms with Gasteiger partial charge in [-0.15, -0.1) is 23.5 Å². The molecule has 1 saturated heterocycles. The molecule has 1 heterocycles. The molecule has 4 aromatic rings. The summed E-state index contributed by atoms with van der Waals surface area (Å²) in [5.41, 5.74) is 1.34. The summed E-state index contributed by atoms with van der Waals surface area (Å²) in [7, 11) is 0. The Kier molecular flexibility index (Phi) is 7.36. The van der Waals surface area contributed by atoms with Gasteiger partial charge in [0, 0.05) is 22.9 Å². The first-order chi connectivity index (χ1) is 16.3. The molecule has 0 bridgehead atoms. The van der Waals surface area contributed by atoms with Crippen LogP contribution in [0, 0.1) is 0 Å². The molecule has 0 radical (unpaired) electrons. The topological polar surface area (TPSA) is 12.5 Å². The number of likely N-dealkylation sites (tertiary alicyclic amines) is 1. The average molecular weight is 470 g/mol. The summed E-state index contributed by atoms with van der Waals surface area (Å²) in [4.78, 5) is 5.14. The van der Waals surface area contributed by atoms with E-state index in [1.54, 1.807) is 0 Å². The predicted molar refractivity (Wildman–Crippen MR) is 140 cm³/mol. The van der Waals surface area contributed by atoms with E-state index in [9.17, 15) is 0 Å². The molecular formula is C29H27NOS2. The molecule has 4 heteroatoms. The lowest BCUT2D eigenvalue weighted by Gasteiger charge is -2.50. The Hall–Kier alpha value is -2.66. The predicted octanol–water partition coefficient (Wildman–Crippen LogP) is 7.23. The minimum absolute atomic E-state index is 0.147. The quantitative estimate of drug-likeness (QED) is 0.189. The SMILES string of the molecule is c1ccc(CN2C[C@H](Oc3ccccc3)[C@@H]2C(Sc2ccccc2)Sc2ccccc2)cc1. The normalized spacial score (nSPS) is 18.1. The van der Waals surface area contributed by atoms with E-state index in [-0.39, 0.29) is 12.1 Å². The van der Waals surface area contributed by atoms with Crippen molar-refractivity contribution in [3.8, 4) is 5.75 Å². The van der Waals surface area contributed by atoms with Gasteiger partial charge < -0.3 is 4.74 Å². The van der Waals surface area contributed by atoms with Crippen LogP contribution in [-0.4, -0.2) is 28.2 Å². The number of rotatable bonds is 9. The van der Waals surface area contributed by atoms with Gasteiger partial charge in [0.1, 0.15) is 11.9 Å². The monoisotopic (exact) mass is 469 g/mol. The van der Waals surface area contributed by atoms with Crippen LogP contribution in [0.15, 0.2) is 131 Å². The van der Waals surface area contributed by atoms with Crippen molar-refractivity contribution in [1.29, 1.82) is 0 Å². The lowest BCUT2D eigenvalue weighted by atomic mass is 9.99. The average Bonchev–Trinajstić information content (AvgIpc) is 2.86. The van der Waals surface area contributed by atoms with Crippen molar-refractivity contribution in [2.24, 2.45) is 0 Å². The Morgan fingerprint density at radius 3 is 1.70 bits per heavy atom. The number of hydrogen-bond acceptors (Lipinski definition) is 4. The van der Waals surface area contributed by atoms with Crippen LogP contribution in [0.3, 0.4) is 0 Å². The van der Waals surface area contributed by atoms with Gasteiger partial charge in [-0.2, -0.15) is 0 Å². The molecule has 0 spiro atoms. The van der Waals surface area contributed by atoms with E-state index in [4.69, 9.17) is 4.74 Å². The zero-order valence-electron chi connectivity index (χ0n) is 18.4. The molecule has 1 aliphatic heterocycles. The van der Waals surface area contributed by atoms with Crippen molar-refractivity contribution in [2.75, 3.05) is 6.54 Å². The summed E-state index contributed by atoms with van der Waals surface area (Å²) >= 11 is 3.87. The molecule has 2 atom stereocenters. The number of nitrogens with zero attached hydrogens (tertiary/aromatic N) is 1. The van der Waals surface area contributed by atoms with Crippen LogP contribution in [0.2, 0.25) is 0 Å². The van der Waals surface area contributed by atoms with E-state index >= 15 is 0 Å². The van der Waals surface area contributed by atoms with Gasteiger partial charge in [0.05, 0.1) is 10.6 Å². The molecule has 2 nitrogen and oxygen atoms in total. The maximum atomic E-state index is 6.52. The number of benzene rings is 4. The lowest BCUT2D eigenvalue weighted by Crippen LogP contribution is -2.65. The van der Waals surface area contributed by atoms with Crippen LogP contribution in [-0.2, 0) is 6.54 Å². The highest BCUT2D eigenvalue weighted by atomic mass is 32.2. The molecule has 0 saturated carbocycles. The van der Waals surface area contributed by atoms with Gasteiger partial charge >= 0.3 is 0 Å². The van der Waals surface area contributed by atoms with Gasteiger partial charge in [-0.25, -0.2) is 0 Å². The summed E-state index contributed by atoms with van der Waals surface area (Å²) in [5.74, 6) is 0.944. The number of hydrogen-bond donors (Lipinski definition) is 0. The second-order valence-electron chi connectivity index (χ2n) is 8.11. The first-order valence-electron chi connectivity index (χ1n) is 11.3. The largest absolute Gasteiger partial charge is 0.487 e. The van der Waals surface area contributed by atoms with Crippen molar-refractivity contribution in [3.63, 3.8) is 0 Å². The highest BCUT2D eigenvalue weighted by molar-refractivity contribution is 8.17. The van der Waals surface area contributed by atoms with Crippen molar-refractivity contribution in [2.45, 2.75) is 33.1 Å². The molecule has 4 aromatic carbocycles. The minimum atomic E-state index is 0.147. The zero-order valence-corrected chi connectivity index (χ0v) is 20.0. The second-order valence-corrected chi connectivity index (χ2v) is 10.8. The number of para-hydroxylation sites is 1. The van der Waals surface area contributed by atoms with E-state index in [1.165, 1.54) is 15.4 Å². The van der Waals surface area contributed by atoms with Crippen molar-refractivity contribution in [3.05, 3.63) is 127 Å². The molecule has 166 valence electrons. The van der Waals surface area contributed by atoms with Crippen LogP contribution in [0.1, 0.15) is 5.56 Å². The summed E-state index contributed by atoms with van der Waals surface area (Å²) in [6.45, 7) is 1.86. The molecule has 0 aliphatic carbocycles. The first kappa shape index (κ1) is 22.1. The third-order valence-corrected chi connectivity index (χ3v) is 8.43. The molecule has 0 N–H and O–H groups in total. The Morgan fingerprint density at radius 1 is 0.667 bits per heavy atom. The second kappa shape index (κ2) is 11.0. The van der Waals surface area contributed by atoms with Gasteiger partial charge in [0.15, 0.2) is 0 Å². The minimum Gasteiger partial charge on any atom is -0.487 e. The standard InChI is InChI=1S/C29H27NOS2/c1-5-13-23(14-6-1)21-30-22-27(31-24-15-7-2-8-16-24)28(30)29(32-25-17-9-3-10-18-25)33-26-19-11-4-12-20-26/h1-20,27-29H,21-22H2/t27-,28+/m0/s1. The number of thioether (sulfide) groups is 2. The van der Waals surface area contributed by atoms with Gasteiger partial charge in [-0.05, 0) is 42.0 Å². The molecule has 1 fully saturated rings. The summed E-state index contributed by atoms with van der Waals surface area (Å²) in [6, 6.07) is 42.7. The van der Waals surface area contributed by atoms with E-state index in [2.05, 4.69) is 108 Å². The Morgan fingerprint density at radius 2 is 1.15 bits per heavy atom. The van der Waals surface area contributed by atoms with Crippen LogP contribution < -0.4 is 4.74 Å². The van der Waals surface area contributed by atoms with Crippen LogP contribution >= 0.6 is 23.5 Å². The third-order valence-electron chi connectivity index (χ3n) is 5.75. The maximum Gasteiger partial charge on any atom is 0.129 e. The van der Waals surface area contributed by atoms with Gasteiger partial charge in [-0.1, -0.05) is 84.9 Å². The molecule has 33 heavy (non-hydrogen) atoms. The number of ether oxygens (including phenoxy) is 1. The first-order valence-corrected chi connectivity index (χ1v) is 13.0. The maximum absolute atomic E-state index is 6.52. The van der Waals surface area contributed by atoms with Crippen molar-refractivity contribution in [1.82, 2.24) is 4.90 Å². The van der Waals surface area contributed by atoms with E-state index in [0.29, 0.717) is 4.58 Å². The highest BCUT2D eigenvalue weighted by Crippen LogP contribution is 2.44. The molecule has 0 amide bonds. The van der Waals surface area contributed by atoms with E-state index in [1.807, 2.05) is 41.7 Å². The smallest absolute Gasteiger partial charge is 0.129 e. The van der Waals surface area contributed by atoms with E-state index < -0.39 is 0 Å². The van der Waals surface area contributed by atoms with Crippen LogP contribution in [0.4, 0.5) is 0 Å². The van der Waals surface area contributed by atoms with Crippen molar-refractivity contribution >= 4 is 23.5 Å². The fourth-order valence-electron chi connectivity index (χ4n) is 4.10. The fourth-order valence-corrected chi connectivity index (χ4v) is 7.10. The molecule has 5 rings (SSSR count). The Balaban J connectivity index is 1.43. The summed E-state index contributed by atoms with van der Waals surface area (Å²) in [6.07, 6.45) is 0.147. The third kappa shape index (κ3) is 5.83. The van der Waals surface area contributed by atoms with Gasteiger partial charge in [0.2, 0.25) is 0 Å². The molecule has 0 aromatic heterocycles. The lowest BCUT2D eigenvalue weighted by molar-refractivity contribution is -0.0425. The van der Waals surface area contributed by atoms with Crippen LogP contribution in [0.5, 0.6) is 5.75 Å². The Bertz CT molecular complexity index is 1020. The van der Waals surface area contributed by atoms with Crippen molar-refractivity contribution < 1.29 is 4.74 Å². The Labute approximate surface area is 205 Å². The molecular weight excluding hydrogens is 442 g/mol. The van der Waals surface area contributed by atoms with Gasteiger partial charge in [0.25, 0.3) is 0 Å².